The number of nitrogens with zero attached hydrogens (tertiary/aromatic N) is 1. The Morgan fingerprint density at radius 2 is 2.05 bits per heavy atom. The minimum Gasteiger partial charge on any atom is -0.494 e. The van der Waals surface area contributed by atoms with Crippen LogP contribution in [0.3, 0.4) is 0 Å². The van der Waals surface area contributed by atoms with Gasteiger partial charge in [0.25, 0.3) is 0 Å². The van der Waals surface area contributed by atoms with Crippen molar-refractivity contribution < 1.29 is 4.74 Å². The van der Waals surface area contributed by atoms with Crippen molar-refractivity contribution in [3.05, 3.63) is 28.8 Å². The SMILES string of the molecule is CCOc1ccc(Cl)cc1CNCCN1CCCCC1. The Hall–Kier alpha value is -0.770. The highest BCUT2D eigenvalue weighted by Gasteiger charge is 2.09. The third kappa shape index (κ3) is 4.97. The molecule has 1 aromatic carbocycles. The number of benzene rings is 1. The molecule has 0 amide bonds. The van der Waals surface area contributed by atoms with Gasteiger partial charge in [-0.15, -0.1) is 0 Å². The van der Waals surface area contributed by atoms with E-state index < -0.39 is 0 Å². The second kappa shape index (κ2) is 8.50. The lowest BCUT2D eigenvalue weighted by Crippen LogP contribution is -2.35. The molecule has 112 valence electrons. The number of rotatable bonds is 7. The first-order valence-corrected chi connectivity index (χ1v) is 8.01. The van der Waals surface area contributed by atoms with Gasteiger partial charge in [-0.25, -0.2) is 0 Å². The van der Waals surface area contributed by atoms with Gasteiger partial charge in [0.05, 0.1) is 6.61 Å². The maximum atomic E-state index is 6.06. The number of likely N-dealkylation sites (tertiary alicyclic amines) is 1. The fourth-order valence-electron chi connectivity index (χ4n) is 2.63. The molecular formula is C16H25ClN2O. The van der Waals surface area contributed by atoms with Crippen LogP contribution >= 0.6 is 11.6 Å². The van der Waals surface area contributed by atoms with Crippen molar-refractivity contribution in [3.8, 4) is 5.75 Å². The van der Waals surface area contributed by atoms with Crippen LogP contribution in [0.1, 0.15) is 31.7 Å². The number of hydrogen-bond donors (Lipinski definition) is 1. The lowest BCUT2D eigenvalue weighted by molar-refractivity contribution is 0.229. The number of hydrogen-bond acceptors (Lipinski definition) is 3. The van der Waals surface area contributed by atoms with Crippen LogP contribution in [0.25, 0.3) is 0 Å². The molecule has 0 spiro atoms. The molecule has 0 radical (unpaired) electrons. The zero-order chi connectivity index (χ0) is 14.2. The van der Waals surface area contributed by atoms with E-state index in [4.69, 9.17) is 16.3 Å². The van der Waals surface area contributed by atoms with Crippen molar-refractivity contribution in [1.29, 1.82) is 0 Å². The fraction of sp³-hybridized carbons (Fsp3) is 0.625. The topological polar surface area (TPSA) is 24.5 Å². The van der Waals surface area contributed by atoms with Crippen LogP contribution in [0, 0.1) is 0 Å². The van der Waals surface area contributed by atoms with Gasteiger partial charge in [0.1, 0.15) is 5.75 Å². The van der Waals surface area contributed by atoms with Crippen molar-refractivity contribution in [3.63, 3.8) is 0 Å². The third-order valence-electron chi connectivity index (χ3n) is 3.69. The smallest absolute Gasteiger partial charge is 0.123 e. The summed E-state index contributed by atoms with van der Waals surface area (Å²) in [7, 11) is 0. The Balaban J connectivity index is 1.76. The molecule has 3 nitrogen and oxygen atoms in total. The standard InChI is InChI=1S/C16H25ClN2O/c1-2-20-16-7-6-15(17)12-14(16)13-18-8-11-19-9-4-3-5-10-19/h6-7,12,18H,2-5,8-11,13H2,1H3. The normalized spacial score (nSPS) is 16.3. The van der Waals surface area contributed by atoms with E-state index in [1.165, 1.54) is 32.4 Å². The first-order valence-electron chi connectivity index (χ1n) is 7.64. The molecule has 0 aromatic heterocycles. The maximum absolute atomic E-state index is 6.06. The van der Waals surface area contributed by atoms with Gasteiger partial charge in [-0.2, -0.15) is 0 Å². The lowest BCUT2D eigenvalue weighted by Gasteiger charge is -2.26. The Bertz CT molecular complexity index is 405. The highest BCUT2D eigenvalue weighted by Crippen LogP contribution is 2.22. The fourth-order valence-corrected chi connectivity index (χ4v) is 2.82. The van der Waals surface area contributed by atoms with Crippen LogP contribution in [0.15, 0.2) is 18.2 Å². The maximum Gasteiger partial charge on any atom is 0.123 e. The Kier molecular flexibility index (Phi) is 6.64. The van der Waals surface area contributed by atoms with E-state index in [2.05, 4.69) is 10.2 Å². The average Bonchev–Trinajstić information content (AvgIpc) is 2.47. The van der Waals surface area contributed by atoms with Gasteiger partial charge in [-0.3, -0.25) is 0 Å². The van der Waals surface area contributed by atoms with Crippen molar-refractivity contribution in [1.82, 2.24) is 10.2 Å². The van der Waals surface area contributed by atoms with E-state index in [9.17, 15) is 0 Å². The number of piperidine rings is 1. The summed E-state index contributed by atoms with van der Waals surface area (Å²) in [5.74, 6) is 0.933. The molecule has 0 atom stereocenters. The van der Waals surface area contributed by atoms with E-state index in [1.807, 2.05) is 25.1 Å². The highest BCUT2D eigenvalue weighted by atomic mass is 35.5. The summed E-state index contributed by atoms with van der Waals surface area (Å²) in [4.78, 5) is 2.54. The number of ether oxygens (including phenoxy) is 1. The van der Waals surface area contributed by atoms with Gasteiger partial charge in [0, 0.05) is 30.2 Å². The molecule has 0 aliphatic carbocycles. The van der Waals surface area contributed by atoms with Crippen molar-refractivity contribution in [2.45, 2.75) is 32.7 Å². The summed E-state index contributed by atoms with van der Waals surface area (Å²) < 4.78 is 5.63. The average molecular weight is 297 g/mol. The predicted molar refractivity (Wildman–Crippen MR) is 84.6 cm³/mol. The zero-order valence-electron chi connectivity index (χ0n) is 12.3. The third-order valence-corrected chi connectivity index (χ3v) is 3.93. The van der Waals surface area contributed by atoms with Crippen LogP contribution in [-0.2, 0) is 6.54 Å². The Labute approximate surface area is 127 Å². The summed E-state index contributed by atoms with van der Waals surface area (Å²) in [6, 6.07) is 5.82. The summed E-state index contributed by atoms with van der Waals surface area (Å²) in [5, 5.41) is 4.26. The summed E-state index contributed by atoms with van der Waals surface area (Å²) in [6.45, 7) is 8.14. The van der Waals surface area contributed by atoms with Gasteiger partial charge in [0.15, 0.2) is 0 Å². The van der Waals surface area contributed by atoms with Crippen LogP contribution < -0.4 is 10.1 Å². The van der Waals surface area contributed by atoms with Crippen molar-refractivity contribution >= 4 is 11.6 Å². The molecule has 20 heavy (non-hydrogen) atoms. The summed E-state index contributed by atoms with van der Waals surface area (Å²) in [5.41, 5.74) is 1.14. The largest absolute Gasteiger partial charge is 0.494 e. The van der Waals surface area contributed by atoms with E-state index in [0.29, 0.717) is 6.61 Å². The van der Waals surface area contributed by atoms with Gasteiger partial charge < -0.3 is 15.0 Å². The predicted octanol–water partition coefficient (Wildman–Crippen LogP) is 3.31. The van der Waals surface area contributed by atoms with Crippen LogP contribution in [-0.4, -0.2) is 37.7 Å². The molecule has 2 rings (SSSR count). The van der Waals surface area contributed by atoms with E-state index in [1.54, 1.807) is 0 Å². The molecule has 1 aliphatic heterocycles. The molecule has 0 bridgehead atoms. The van der Waals surface area contributed by atoms with E-state index >= 15 is 0 Å². The van der Waals surface area contributed by atoms with Gasteiger partial charge in [0.2, 0.25) is 0 Å². The molecule has 0 saturated carbocycles. The molecule has 1 aliphatic rings. The molecule has 0 unspecified atom stereocenters. The molecular weight excluding hydrogens is 272 g/mol. The van der Waals surface area contributed by atoms with Gasteiger partial charge in [-0.1, -0.05) is 18.0 Å². The van der Waals surface area contributed by atoms with E-state index in [-0.39, 0.29) is 0 Å². The van der Waals surface area contributed by atoms with Gasteiger partial charge in [-0.05, 0) is 51.1 Å². The number of nitrogens with one attached hydrogen (secondary N) is 1. The quantitative estimate of drug-likeness (QED) is 0.781. The minimum absolute atomic E-state index is 0.683. The highest BCUT2D eigenvalue weighted by molar-refractivity contribution is 6.30. The van der Waals surface area contributed by atoms with Crippen LogP contribution in [0.2, 0.25) is 5.02 Å². The molecule has 4 heteroatoms. The second-order valence-corrected chi connectivity index (χ2v) is 5.70. The van der Waals surface area contributed by atoms with Crippen molar-refractivity contribution in [2.24, 2.45) is 0 Å². The van der Waals surface area contributed by atoms with Crippen LogP contribution in [0.4, 0.5) is 0 Å². The number of halogens is 1. The van der Waals surface area contributed by atoms with E-state index in [0.717, 1.165) is 36.0 Å². The molecule has 1 heterocycles. The molecule has 1 aromatic rings. The first-order chi connectivity index (χ1) is 9.79. The minimum atomic E-state index is 0.683. The van der Waals surface area contributed by atoms with Crippen LogP contribution in [0.5, 0.6) is 5.75 Å². The summed E-state index contributed by atoms with van der Waals surface area (Å²) in [6.07, 6.45) is 4.09. The molecule has 1 fully saturated rings. The van der Waals surface area contributed by atoms with Crippen molar-refractivity contribution in [2.75, 3.05) is 32.8 Å². The Morgan fingerprint density at radius 1 is 1.25 bits per heavy atom. The monoisotopic (exact) mass is 296 g/mol. The van der Waals surface area contributed by atoms with Gasteiger partial charge >= 0.3 is 0 Å². The summed E-state index contributed by atoms with van der Waals surface area (Å²) >= 11 is 6.06. The zero-order valence-corrected chi connectivity index (χ0v) is 13.1. The second-order valence-electron chi connectivity index (χ2n) is 5.26. The first kappa shape index (κ1) is 15.6. The molecule has 1 saturated heterocycles. The lowest BCUT2D eigenvalue weighted by atomic mass is 10.1. The molecule has 1 N–H and O–H groups in total. The Morgan fingerprint density at radius 3 is 2.80 bits per heavy atom.